The number of aryl methyl sites for hydroxylation is 1. The van der Waals surface area contributed by atoms with Crippen LogP contribution in [0.25, 0.3) is 11.0 Å². The fraction of sp³-hybridized carbons (Fsp3) is 0.533. The van der Waals surface area contributed by atoms with Crippen LogP contribution in [0.15, 0.2) is 36.4 Å². The van der Waals surface area contributed by atoms with Crippen LogP contribution >= 0.6 is 0 Å². The monoisotopic (exact) mass is 509 g/mol. The van der Waals surface area contributed by atoms with E-state index in [0.29, 0.717) is 22.6 Å². The van der Waals surface area contributed by atoms with Crippen LogP contribution in [0.4, 0.5) is 8.78 Å². The van der Waals surface area contributed by atoms with Gasteiger partial charge in [0.15, 0.2) is 11.6 Å². The van der Waals surface area contributed by atoms with E-state index in [2.05, 4.69) is 17.2 Å². The van der Waals surface area contributed by atoms with Gasteiger partial charge in [-0.2, -0.15) is 0 Å². The van der Waals surface area contributed by atoms with Gasteiger partial charge in [0.05, 0.1) is 11.0 Å². The Hall–Kier alpha value is -2.96. The van der Waals surface area contributed by atoms with E-state index < -0.39 is 17.7 Å². The van der Waals surface area contributed by atoms with Gasteiger partial charge in [-0.25, -0.2) is 13.8 Å². The molecule has 3 aromatic rings. The van der Waals surface area contributed by atoms with E-state index in [0.717, 1.165) is 70.3 Å². The number of ether oxygens (including phenoxy) is 1. The molecule has 198 valence electrons. The summed E-state index contributed by atoms with van der Waals surface area (Å²) in [6.45, 7) is 2.20. The molecule has 1 atom stereocenters. The lowest BCUT2D eigenvalue weighted by molar-refractivity contribution is -0.127. The molecule has 5 nitrogen and oxygen atoms in total. The van der Waals surface area contributed by atoms with Gasteiger partial charge >= 0.3 is 0 Å². The second kappa shape index (κ2) is 11.6. The Balaban J connectivity index is 1.53. The molecular weight excluding hydrogens is 472 g/mol. The predicted octanol–water partition coefficient (Wildman–Crippen LogP) is 7.03. The van der Waals surface area contributed by atoms with Gasteiger partial charge in [0.1, 0.15) is 24.2 Å². The number of amides is 1. The smallest absolute Gasteiger partial charge is 0.243 e. The Morgan fingerprint density at radius 2 is 1.65 bits per heavy atom. The molecule has 2 aliphatic carbocycles. The fourth-order valence-electron chi connectivity index (χ4n) is 6.05. The van der Waals surface area contributed by atoms with Gasteiger partial charge in [0.25, 0.3) is 0 Å². The molecule has 1 heterocycles. The molecular formula is C30H37F2N3O2. The number of nitrogens with zero attached hydrogens (tertiary/aromatic N) is 2. The van der Waals surface area contributed by atoms with Crippen molar-refractivity contribution in [3.05, 3.63) is 59.4 Å². The minimum Gasteiger partial charge on any atom is -0.486 e. The van der Waals surface area contributed by atoms with Gasteiger partial charge in [0.2, 0.25) is 5.91 Å². The van der Waals surface area contributed by atoms with E-state index in [9.17, 15) is 13.6 Å². The average Bonchev–Trinajstić information content (AvgIpc) is 3.26. The standard InChI is InChI=1S/C30H37F2N3O2/c1-2-20-13-15-23(16-14-20)37-19-28-34-26-17-24(31)25(32)18-27(26)35(28)29(21-9-5-3-6-10-21)30(36)33-22-11-7-4-8-12-22/h13-18,21-22,29H,2-12,19H2,1H3,(H,33,36). The number of carbonyl (C=O) groups excluding carboxylic acids is 1. The van der Waals surface area contributed by atoms with Crippen molar-refractivity contribution in [2.75, 3.05) is 0 Å². The maximum absolute atomic E-state index is 14.5. The maximum Gasteiger partial charge on any atom is 0.243 e. The topological polar surface area (TPSA) is 56.2 Å². The van der Waals surface area contributed by atoms with Gasteiger partial charge in [0, 0.05) is 18.2 Å². The Kier molecular flexibility index (Phi) is 8.06. The highest BCUT2D eigenvalue weighted by molar-refractivity contribution is 5.85. The summed E-state index contributed by atoms with van der Waals surface area (Å²) in [5, 5.41) is 3.31. The van der Waals surface area contributed by atoms with Crippen molar-refractivity contribution in [2.45, 2.75) is 96.2 Å². The maximum atomic E-state index is 14.5. The first-order valence-electron chi connectivity index (χ1n) is 13.9. The SMILES string of the molecule is CCc1ccc(OCc2nc3cc(F)c(F)cc3n2C(C(=O)NC2CCCCC2)C2CCCCC2)cc1. The van der Waals surface area contributed by atoms with Crippen molar-refractivity contribution < 1.29 is 18.3 Å². The van der Waals surface area contributed by atoms with E-state index in [4.69, 9.17) is 4.74 Å². The Labute approximate surface area is 217 Å². The average molecular weight is 510 g/mol. The molecule has 2 aliphatic rings. The lowest BCUT2D eigenvalue weighted by Gasteiger charge is -2.33. The van der Waals surface area contributed by atoms with Crippen molar-refractivity contribution in [1.82, 2.24) is 14.9 Å². The van der Waals surface area contributed by atoms with Crippen molar-refractivity contribution in [3.63, 3.8) is 0 Å². The van der Waals surface area contributed by atoms with Crippen molar-refractivity contribution in [2.24, 2.45) is 5.92 Å². The Morgan fingerprint density at radius 1 is 1.00 bits per heavy atom. The highest BCUT2D eigenvalue weighted by Crippen LogP contribution is 2.37. The number of hydrogen-bond donors (Lipinski definition) is 1. The minimum absolute atomic E-state index is 0.0450. The third kappa shape index (κ3) is 5.81. The van der Waals surface area contributed by atoms with Crippen molar-refractivity contribution in [3.8, 4) is 5.75 Å². The van der Waals surface area contributed by atoms with E-state index in [1.807, 2.05) is 28.8 Å². The number of rotatable bonds is 8. The molecule has 0 aliphatic heterocycles. The summed E-state index contributed by atoms with van der Waals surface area (Å²) in [6, 6.07) is 9.79. The number of aromatic nitrogens is 2. The summed E-state index contributed by atoms with van der Waals surface area (Å²) < 4.78 is 36.6. The molecule has 2 fully saturated rings. The van der Waals surface area contributed by atoms with Crippen LogP contribution in [-0.2, 0) is 17.8 Å². The first kappa shape index (κ1) is 25.7. The van der Waals surface area contributed by atoms with Gasteiger partial charge in [-0.3, -0.25) is 4.79 Å². The summed E-state index contributed by atoms with van der Waals surface area (Å²) in [6.07, 6.45) is 11.5. The summed E-state index contributed by atoms with van der Waals surface area (Å²) in [7, 11) is 0. The van der Waals surface area contributed by atoms with Gasteiger partial charge in [-0.15, -0.1) is 0 Å². The van der Waals surface area contributed by atoms with Gasteiger partial charge in [-0.1, -0.05) is 57.6 Å². The third-order valence-electron chi connectivity index (χ3n) is 8.10. The van der Waals surface area contributed by atoms with E-state index in [-0.39, 0.29) is 24.5 Å². The second-order valence-electron chi connectivity index (χ2n) is 10.6. The molecule has 0 bridgehead atoms. The Morgan fingerprint density at radius 3 is 2.32 bits per heavy atom. The van der Waals surface area contributed by atoms with Crippen LogP contribution in [0.1, 0.15) is 88.6 Å². The molecule has 1 N–H and O–H groups in total. The zero-order valence-electron chi connectivity index (χ0n) is 21.6. The lowest BCUT2D eigenvalue weighted by atomic mass is 9.83. The van der Waals surface area contributed by atoms with E-state index in [1.54, 1.807) is 0 Å². The zero-order valence-corrected chi connectivity index (χ0v) is 21.6. The van der Waals surface area contributed by atoms with Crippen molar-refractivity contribution >= 4 is 16.9 Å². The predicted molar refractivity (Wildman–Crippen MR) is 140 cm³/mol. The molecule has 2 saturated carbocycles. The first-order valence-corrected chi connectivity index (χ1v) is 13.9. The number of carbonyl (C=O) groups is 1. The summed E-state index contributed by atoms with van der Waals surface area (Å²) in [4.78, 5) is 18.6. The second-order valence-corrected chi connectivity index (χ2v) is 10.6. The molecule has 1 amide bonds. The van der Waals surface area contributed by atoms with E-state index >= 15 is 0 Å². The third-order valence-corrected chi connectivity index (χ3v) is 8.10. The molecule has 0 spiro atoms. The van der Waals surface area contributed by atoms with Crippen LogP contribution in [0.3, 0.4) is 0 Å². The molecule has 5 rings (SSSR count). The highest BCUT2D eigenvalue weighted by atomic mass is 19.2. The molecule has 1 unspecified atom stereocenters. The zero-order chi connectivity index (χ0) is 25.8. The van der Waals surface area contributed by atoms with Gasteiger partial charge < -0.3 is 14.6 Å². The summed E-state index contributed by atoms with van der Waals surface area (Å²) in [5.74, 6) is -0.628. The lowest BCUT2D eigenvalue weighted by Crippen LogP contribution is -2.44. The van der Waals surface area contributed by atoms with Crippen LogP contribution in [0, 0.1) is 17.6 Å². The van der Waals surface area contributed by atoms with E-state index in [1.165, 1.54) is 18.1 Å². The fourth-order valence-corrected chi connectivity index (χ4v) is 6.05. The molecule has 0 saturated heterocycles. The number of hydrogen-bond acceptors (Lipinski definition) is 3. The number of fused-ring (bicyclic) bond motifs is 1. The Bertz CT molecular complexity index is 1210. The molecule has 37 heavy (non-hydrogen) atoms. The largest absolute Gasteiger partial charge is 0.486 e. The molecule has 1 aromatic heterocycles. The number of halogens is 2. The van der Waals surface area contributed by atoms with Gasteiger partial charge in [-0.05, 0) is 55.7 Å². The van der Waals surface area contributed by atoms with Crippen LogP contribution in [0.5, 0.6) is 5.75 Å². The molecule has 7 heteroatoms. The van der Waals surface area contributed by atoms with Crippen LogP contribution < -0.4 is 10.1 Å². The van der Waals surface area contributed by atoms with Crippen LogP contribution in [-0.4, -0.2) is 21.5 Å². The first-order chi connectivity index (χ1) is 18.0. The highest BCUT2D eigenvalue weighted by Gasteiger charge is 2.35. The van der Waals surface area contributed by atoms with Crippen molar-refractivity contribution in [1.29, 1.82) is 0 Å². The molecule has 0 radical (unpaired) electrons. The number of imidazole rings is 1. The quantitative estimate of drug-likeness (QED) is 0.355. The summed E-state index contributed by atoms with van der Waals surface area (Å²) >= 11 is 0. The van der Waals surface area contributed by atoms with Crippen LogP contribution in [0.2, 0.25) is 0 Å². The summed E-state index contributed by atoms with van der Waals surface area (Å²) in [5.41, 5.74) is 1.99. The number of benzene rings is 2. The normalized spacial score (nSPS) is 18.1. The molecule has 2 aromatic carbocycles. The number of nitrogens with one attached hydrogen (secondary N) is 1. The minimum atomic E-state index is -0.944.